The molecule has 214 valence electrons. The van der Waals surface area contributed by atoms with Crippen LogP contribution in [0.5, 0.6) is 0 Å². The molecular weight excluding hydrogens is 555 g/mol. The van der Waals surface area contributed by atoms with E-state index in [0.717, 1.165) is 12.8 Å². The van der Waals surface area contributed by atoms with Crippen LogP contribution in [0.15, 0.2) is 140 Å². The zero-order valence-electron chi connectivity index (χ0n) is 25.3. The lowest BCUT2D eigenvalue weighted by Crippen LogP contribution is -2.04. The van der Waals surface area contributed by atoms with Crippen molar-refractivity contribution in [1.29, 1.82) is 0 Å². The van der Waals surface area contributed by atoms with E-state index >= 15 is 0 Å². The second kappa shape index (κ2) is 8.96. The maximum absolute atomic E-state index is 3.82. The standard InChI is InChI=1S/C45H29N/c1-2-7-27(8-3-1)43-25-41-42(46-43)20-18-28-15-13-26-14-16-29(21-36(26)44(28)41)30-17-19-33-34-11-6-12-35-38-23-31-9-4-5-10-32(31)39(38)24-40(45(34)35)37(33)22-30/h1-22,24,43,46H,23,25H2. The van der Waals surface area contributed by atoms with Crippen LogP contribution >= 0.6 is 0 Å². The molecule has 0 saturated heterocycles. The van der Waals surface area contributed by atoms with Crippen LogP contribution in [-0.4, -0.2) is 0 Å². The van der Waals surface area contributed by atoms with Crippen molar-refractivity contribution in [2.75, 3.05) is 5.32 Å². The van der Waals surface area contributed by atoms with Crippen molar-refractivity contribution in [2.45, 2.75) is 18.9 Å². The maximum Gasteiger partial charge on any atom is 0.0555 e. The summed E-state index contributed by atoms with van der Waals surface area (Å²) in [5, 5.41) is 12.0. The minimum Gasteiger partial charge on any atom is -0.378 e. The number of fused-ring (bicyclic) bond motifs is 12. The van der Waals surface area contributed by atoms with Crippen molar-refractivity contribution in [3.63, 3.8) is 0 Å². The molecule has 0 aromatic heterocycles. The van der Waals surface area contributed by atoms with Crippen molar-refractivity contribution < 1.29 is 0 Å². The fourth-order valence-corrected chi connectivity index (χ4v) is 8.80. The van der Waals surface area contributed by atoms with Crippen LogP contribution in [0.4, 0.5) is 5.69 Å². The largest absolute Gasteiger partial charge is 0.378 e. The normalized spacial score (nSPS) is 15.2. The highest BCUT2D eigenvalue weighted by molar-refractivity contribution is 6.19. The minimum absolute atomic E-state index is 0.301. The van der Waals surface area contributed by atoms with E-state index in [9.17, 15) is 0 Å². The molecule has 1 nitrogen and oxygen atoms in total. The third kappa shape index (κ3) is 3.30. The van der Waals surface area contributed by atoms with Gasteiger partial charge in [-0.15, -0.1) is 0 Å². The average Bonchev–Trinajstić information content (AvgIpc) is 3.81. The fraction of sp³-hybridized carbons (Fsp3) is 0.0667. The zero-order chi connectivity index (χ0) is 29.9. The Morgan fingerprint density at radius 2 is 1.24 bits per heavy atom. The van der Waals surface area contributed by atoms with Gasteiger partial charge in [-0.3, -0.25) is 0 Å². The van der Waals surface area contributed by atoms with Crippen LogP contribution in [0.25, 0.3) is 76.8 Å². The molecule has 1 atom stereocenters. The Bertz CT molecular complexity index is 2610. The average molecular weight is 584 g/mol. The van der Waals surface area contributed by atoms with Crippen LogP contribution in [0.1, 0.15) is 28.3 Å². The molecular formula is C45H29N. The molecule has 1 unspecified atom stereocenters. The van der Waals surface area contributed by atoms with Gasteiger partial charge in [-0.1, -0.05) is 115 Å². The van der Waals surface area contributed by atoms with Crippen molar-refractivity contribution in [2.24, 2.45) is 0 Å². The van der Waals surface area contributed by atoms with Crippen LogP contribution in [0.3, 0.4) is 0 Å². The van der Waals surface area contributed by atoms with E-state index in [-0.39, 0.29) is 0 Å². The maximum atomic E-state index is 3.82. The molecule has 1 heterocycles. The molecule has 3 aliphatic rings. The van der Waals surface area contributed by atoms with Gasteiger partial charge in [-0.05, 0) is 136 Å². The van der Waals surface area contributed by atoms with Crippen molar-refractivity contribution in [3.05, 3.63) is 162 Å². The van der Waals surface area contributed by atoms with E-state index in [4.69, 9.17) is 0 Å². The number of rotatable bonds is 2. The quantitative estimate of drug-likeness (QED) is 0.200. The van der Waals surface area contributed by atoms with E-state index < -0.39 is 0 Å². The lowest BCUT2D eigenvalue weighted by atomic mass is 9.91. The summed E-state index contributed by atoms with van der Waals surface area (Å²) in [6, 6.07) is 52.8. The van der Waals surface area contributed by atoms with Crippen LogP contribution in [0, 0.1) is 0 Å². The first kappa shape index (κ1) is 24.6. The van der Waals surface area contributed by atoms with Gasteiger partial charge in [0.2, 0.25) is 0 Å². The molecule has 2 aliphatic carbocycles. The van der Waals surface area contributed by atoms with Gasteiger partial charge >= 0.3 is 0 Å². The number of hydrogen-bond donors (Lipinski definition) is 1. The summed E-state index contributed by atoms with van der Waals surface area (Å²) >= 11 is 0. The van der Waals surface area contributed by atoms with Crippen molar-refractivity contribution >= 4 is 38.0 Å². The van der Waals surface area contributed by atoms with E-state index in [1.54, 1.807) is 0 Å². The molecule has 1 aliphatic heterocycles. The molecule has 8 aromatic carbocycles. The first-order chi connectivity index (χ1) is 22.8. The van der Waals surface area contributed by atoms with Crippen molar-refractivity contribution in [3.8, 4) is 44.5 Å². The molecule has 0 radical (unpaired) electrons. The first-order valence-corrected chi connectivity index (χ1v) is 16.4. The lowest BCUT2D eigenvalue weighted by molar-refractivity contribution is 0.827. The summed E-state index contributed by atoms with van der Waals surface area (Å²) in [5.41, 5.74) is 17.7. The van der Waals surface area contributed by atoms with Gasteiger partial charge in [-0.2, -0.15) is 0 Å². The predicted molar refractivity (Wildman–Crippen MR) is 194 cm³/mol. The monoisotopic (exact) mass is 583 g/mol. The summed E-state index contributed by atoms with van der Waals surface area (Å²) in [6.07, 6.45) is 2.01. The van der Waals surface area contributed by atoms with Gasteiger partial charge in [0.25, 0.3) is 0 Å². The summed E-state index contributed by atoms with van der Waals surface area (Å²) in [5.74, 6) is 0. The van der Waals surface area contributed by atoms with Gasteiger partial charge in [0, 0.05) is 5.69 Å². The topological polar surface area (TPSA) is 12.0 Å². The van der Waals surface area contributed by atoms with Gasteiger partial charge in [0.05, 0.1) is 6.04 Å². The van der Waals surface area contributed by atoms with E-state index in [2.05, 4.69) is 145 Å². The minimum atomic E-state index is 0.301. The van der Waals surface area contributed by atoms with E-state index in [0.29, 0.717) is 6.04 Å². The Labute approximate surface area is 267 Å². The van der Waals surface area contributed by atoms with E-state index in [1.165, 1.54) is 105 Å². The SMILES string of the molecule is c1ccc(C2Cc3c(ccc4ccc5ccc(-c6ccc7c(c6)-c6cc8c(c9cccc-7c69)Cc6ccccc6-8)cc5c34)N2)cc1. The second-order valence-electron chi connectivity index (χ2n) is 13.3. The molecule has 11 rings (SSSR count). The summed E-state index contributed by atoms with van der Waals surface area (Å²) in [7, 11) is 0. The Hall–Kier alpha value is -5.66. The van der Waals surface area contributed by atoms with E-state index in [1.807, 2.05) is 0 Å². The summed E-state index contributed by atoms with van der Waals surface area (Å²) < 4.78 is 0. The Kier molecular flexibility index (Phi) is 4.80. The van der Waals surface area contributed by atoms with Gasteiger partial charge in [-0.25, -0.2) is 0 Å². The smallest absolute Gasteiger partial charge is 0.0555 e. The number of anilines is 1. The fourth-order valence-electron chi connectivity index (χ4n) is 8.80. The number of nitrogens with one attached hydrogen (secondary N) is 1. The molecule has 0 bridgehead atoms. The molecule has 1 N–H and O–H groups in total. The van der Waals surface area contributed by atoms with Gasteiger partial charge < -0.3 is 5.32 Å². The molecule has 8 aromatic rings. The highest BCUT2D eigenvalue weighted by atomic mass is 14.9. The van der Waals surface area contributed by atoms with Gasteiger partial charge in [0.15, 0.2) is 0 Å². The Balaban J connectivity index is 1.08. The molecule has 1 heteroatoms. The Morgan fingerprint density at radius 3 is 2.20 bits per heavy atom. The highest BCUT2D eigenvalue weighted by Gasteiger charge is 2.29. The molecule has 0 spiro atoms. The third-order valence-corrected chi connectivity index (χ3v) is 10.9. The number of hydrogen-bond acceptors (Lipinski definition) is 1. The van der Waals surface area contributed by atoms with Crippen molar-refractivity contribution in [1.82, 2.24) is 0 Å². The molecule has 46 heavy (non-hydrogen) atoms. The first-order valence-electron chi connectivity index (χ1n) is 16.4. The summed E-state index contributed by atoms with van der Waals surface area (Å²) in [6.45, 7) is 0. The van der Waals surface area contributed by atoms with Gasteiger partial charge in [0.1, 0.15) is 0 Å². The van der Waals surface area contributed by atoms with Crippen LogP contribution in [-0.2, 0) is 12.8 Å². The predicted octanol–water partition coefficient (Wildman–Crippen LogP) is 11.7. The van der Waals surface area contributed by atoms with Crippen LogP contribution < -0.4 is 5.32 Å². The lowest BCUT2D eigenvalue weighted by Gasteiger charge is -2.12. The molecule has 0 amide bonds. The molecule has 0 saturated carbocycles. The number of benzene rings is 8. The molecule has 0 fully saturated rings. The zero-order valence-corrected chi connectivity index (χ0v) is 25.3. The second-order valence-corrected chi connectivity index (χ2v) is 13.3. The highest BCUT2D eigenvalue weighted by Crippen LogP contribution is 2.53. The summed E-state index contributed by atoms with van der Waals surface area (Å²) in [4.78, 5) is 0. The third-order valence-electron chi connectivity index (χ3n) is 10.9. The Morgan fingerprint density at radius 1 is 0.457 bits per heavy atom. The van der Waals surface area contributed by atoms with Crippen LogP contribution in [0.2, 0.25) is 0 Å².